The van der Waals surface area contributed by atoms with Gasteiger partial charge in [0, 0.05) is 0 Å². The van der Waals surface area contributed by atoms with Crippen molar-refractivity contribution in [2.75, 3.05) is 5.32 Å². The number of benzene rings is 1. The van der Waals surface area contributed by atoms with Gasteiger partial charge in [0.15, 0.2) is 5.01 Å². The van der Waals surface area contributed by atoms with Crippen molar-refractivity contribution in [3.8, 4) is 5.69 Å². The van der Waals surface area contributed by atoms with E-state index in [1.165, 1.54) is 22.9 Å². The lowest BCUT2D eigenvalue weighted by Crippen LogP contribution is -1.99. The minimum Gasteiger partial charge on any atom is -0.354 e. The second-order valence-corrected chi connectivity index (χ2v) is 5.77. The molecule has 2 aromatic heterocycles. The Morgan fingerprint density at radius 3 is 2.78 bits per heavy atom. The van der Waals surface area contributed by atoms with Gasteiger partial charge < -0.3 is 5.32 Å². The van der Waals surface area contributed by atoms with Crippen LogP contribution in [0.5, 0.6) is 0 Å². The highest BCUT2D eigenvalue weighted by Crippen LogP contribution is 2.25. The first-order valence-electron chi connectivity index (χ1n) is 6.25. The zero-order valence-corrected chi connectivity index (χ0v) is 12.8. The van der Waals surface area contributed by atoms with E-state index < -0.39 is 12.2 Å². The summed E-state index contributed by atoms with van der Waals surface area (Å²) in [6.07, 6.45) is -1.04. The Hall–Kier alpha value is -2.20. The predicted octanol–water partition coefficient (Wildman–Crippen LogP) is 3.46. The lowest BCUT2D eigenvalue weighted by Gasteiger charge is -2.01. The predicted molar refractivity (Wildman–Crippen MR) is 78.5 cm³/mol. The molecule has 11 heteroatoms. The van der Waals surface area contributed by atoms with Crippen molar-refractivity contribution < 1.29 is 13.2 Å². The quantitative estimate of drug-likeness (QED) is 0.754. The molecule has 0 fully saturated rings. The summed E-state index contributed by atoms with van der Waals surface area (Å²) >= 11 is 6.49. The second-order valence-electron chi connectivity index (χ2n) is 4.35. The van der Waals surface area contributed by atoms with Crippen molar-refractivity contribution in [1.82, 2.24) is 25.2 Å². The molecular formula is C12H8ClF3N6S. The summed E-state index contributed by atoms with van der Waals surface area (Å²) in [5, 5.41) is 17.5. The van der Waals surface area contributed by atoms with Crippen molar-refractivity contribution in [1.29, 1.82) is 0 Å². The largest absolute Gasteiger partial charge is 0.354 e. The zero-order valence-electron chi connectivity index (χ0n) is 11.3. The molecule has 1 aromatic carbocycles. The molecule has 120 valence electrons. The van der Waals surface area contributed by atoms with Crippen molar-refractivity contribution >= 4 is 28.1 Å². The van der Waals surface area contributed by atoms with Gasteiger partial charge in [-0.15, -0.1) is 15.3 Å². The van der Waals surface area contributed by atoms with E-state index in [2.05, 4.69) is 25.8 Å². The molecule has 0 aliphatic carbocycles. The average Bonchev–Trinajstić information content (AvgIpc) is 3.17. The smallest absolute Gasteiger partial charge is 0.291 e. The highest BCUT2D eigenvalue weighted by atomic mass is 35.5. The molecule has 3 rings (SSSR count). The van der Waals surface area contributed by atoms with Gasteiger partial charge in [-0.1, -0.05) is 28.2 Å². The number of anilines is 1. The third kappa shape index (κ3) is 3.59. The van der Waals surface area contributed by atoms with Crippen LogP contribution in [0.3, 0.4) is 0 Å². The van der Waals surface area contributed by atoms with Crippen molar-refractivity contribution in [3.63, 3.8) is 0 Å². The van der Waals surface area contributed by atoms with Crippen LogP contribution in [0.1, 0.15) is 17.1 Å². The van der Waals surface area contributed by atoms with Crippen LogP contribution in [0.4, 0.5) is 18.3 Å². The van der Waals surface area contributed by atoms with Crippen LogP contribution in [-0.4, -0.2) is 25.2 Å². The third-order valence-corrected chi connectivity index (χ3v) is 3.93. The molecular weight excluding hydrogens is 353 g/mol. The minimum absolute atomic E-state index is 0.0222. The minimum atomic E-state index is -2.65. The van der Waals surface area contributed by atoms with Gasteiger partial charge in [0.2, 0.25) is 5.13 Å². The summed E-state index contributed by atoms with van der Waals surface area (Å²) in [5.41, 5.74) is 1.09. The number of halogens is 4. The van der Waals surface area contributed by atoms with E-state index in [1.54, 1.807) is 6.20 Å². The summed E-state index contributed by atoms with van der Waals surface area (Å²) in [5.74, 6) is -0.525. The van der Waals surface area contributed by atoms with E-state index in [0.29, 0.717) is 11.4 Å². The normalized spacial score (nSPS) is 11.2. The van der Waals surface area contributed by atoms with Gasteiger partial charge in [-0.2, -0.15) is 0 Å². The molecule has 1 N–H and O–H groups in total. The van der Waals surface area contributed by atoms with Gasteiger partial charge in [0.05, 0.1) is 23.5 Å². The Morgan fingerprint density at radius 1 is 1.26 bits per heavy atom. The van der Waals surface area contributed by atoms with E-state index in [1.807, 2.05) is 0 Å². The summed E-state index contributed by atoms with van der Waals surface area (Å²) in [7, 11) is 0. The number of nitrogens with zero attached hydrogens (tertiary/aromatic N) is 5. The van der Waals surface area contributed by atoms with Crippen molar-refractivity contribution in [2.24, 2.45) is 0 Å². The highest BCUT2D eigenvalue weighted by molar-refractivity contribution is 7.15. The first-order chi connectivity index (χ1) is 11.0. The molecule has 0 radical (unpaired) electrons. The van der Waals surface area contributed by atoms with Crippen LogP contribution in [0.25, 0.3) is 5.69 Å². The third-order valence-electron chi connectivity index (χ3n) is 2.76. The lowest BCUT2D eigenvalue weighted by molar-refractivity contribution is 0.150. The molecule has 0 unspecified atom stereocenters. The van der Waals surface area contributed by atoms with Crippen molar-refractivity contribution in [2.45, 2.75) is 13.0 Å². The molecule has 2 heterocycles. The Labute approximate surface area is 136 Å². The standard InChI is InChI=1S/C12H8ClF3N6S/c13-8-3-7(1-2-9(8)14)22-5-6(18-21-22)4-17-12-20-19-11(23-12)10(15)16/h1-3,5,10H,4H2,(H,17,20). The molecule has 0 aliphatic rings. The van der Waals surface area contributed by atoms with Gasteiger partial charge in [-0.3, -0.25) is 0 Å². The van der Waals surface area contributed by atoms with Crippen LogP contribution >= 0.6 is 22.9 Å². The van der Waals surface area contributed by atoms with E-state index in [9.17, 15) is 13.2 Å². The monoisotopic (exact) mass is 360 g/mol. The number of rotatable bonds is 5. The molecule has 0 spiro atoms. The molecule has 6 nitrogen and oxygen atoms in total. The maximum Gasteiger partial charge on any atom is 0.291 e. The summed E-state index contributed by atoms with van der Waals surface area (Å²) in [6, 6.07) is 4.15. The van der Waals surface area contributed by atoms with Gasteiger partial charge in [0.25, 0.3) is 6.43 Å². The first-order valence-corrected chi connectivity index (χ1v) is 7.44. The fourth-order valence-electron chi connectivity index (χ4n) is 1.69. The Balaban J connectivity index is 1.68. The molecule has 23 heavy (non-hydrogen) atoms. The molecule has 0 amide bonds. The van der Waals surface area contributed by atoms with Crippen LogP contribution in [0, 0.1) is 5.82 Å². The van der Waals surface area contributed by atoms with Crippen LogP contribution in [0.15, 0.2) is 24.4 Å². The molecule has 0 saturated carbocycles. The van der Waals surface area contributed by atoms with E-state index in [-0.39, 0.29) is 21.7 Å². The van der Waals surface area contributed by atoms with Gasteiger partial charge >= 0.3 is 0 Å². The van der Waals surface area contributed by atoms with E-state index in [4.69, 9.17) is 11.6 Å². The topological polar surface area (TPSA) is 68.5 Å². The van der Waals surface area contributed by atoms with Gasteiger partial charge in [0.1, 0.15) is 11.5 Å². The lowest BCUT2D eigenvalue weighted by atomic mass is 10.3. The molecule has 0 bridgehead atoms. The van der Waals surface area contributed by atoms with Crippen LogP contribution in [-0.2, 0) is 6.54 Å². The fourth-order valence-corrected chi connectivity index (χ4v) is 2.46. The van der Waals surface area contributed by atoms with Crippen LogP contribution in [0.2, 0.25) is 5.02 Å². The Kier molecular flexibility index (Phi) is 4.44. The summed E-state index contributed by atoms with van der Waals surface area (Å²) in [6.45, 7) is 0.229. The molecule has 0 saturated heterocycles. The van der Waals surface area contributed by atoms with Crippen LogP contribution < -0.4 is 5.32 Å². The zero-order chi connectivity index (χ0) is 16.4. The van der Waals surface area contributed by atoms with Crippen molar-refractivity contribution in [3.05, 3.63) is 45.9 Å². The number of aromatic nitrogens is 5. The number of nitrogens with one attached hydrogen (secondary N) is 1. The Bertz CT molecular complexity index is 821. The average molecular weight is 361 g/mol. The summed E-state index contributed by atoms with van der Waals surface area (Å²) < 4.78 is 39.4. The molecule has 0 atom stereocenters. The first kappa shape index (κ1) is 15.7. The maximum absolute atomic E-state index is 13.1. The molecule has 3 aromatic rings. The number of hydrogen-bond acceptors (Lipinski definition) is 6. The maximum atomic E-state index is 13.1. The van der Waals surface area contributed by atoms with E-state index in [0.717, 1.165) is 11.3 Å². The van der Waals surface area contributed by atoms with E-state index >= 15 is 0 Å². The number of hydrogen-bond donors (Lipinski definition) is 1. The summed E-state index contributed by atoms with van der Waals surface area (Å²) in [4.78, 5) is 0. The Morgan fingerprint density at radius 2 is 2.09 bits per heavy atom. The SMILES string of the molecule is Fc1ccc(-n2cc(CNc3nnc(C(F)F)s3)nn2)cc1Cl. The fraction of sp³-hybridized carbons (Fsp3) is 0.167. The second kappa shape index (κ2) is 6.50. The highest BCUT2D eigenvalue weighted by Gasteiger charge is 2.14. The molecule has 0 aliphatic heterocycles. The van der Waals surface area contributed by atoms with Gasteiger partial charge in [-0.25, -0.2) is 17.9 Å². The number of alkyl halides is 2. The van der Waals surface area contributed by atoms with Gasteiger partial charge in [-0.05, 0) is 18.2 Å².